The number of carboxylic acid groups (broad SMARTS) is 1. The van der Waals surface area contributed by atoms with Crippen LogP contribution in [0.4, 0.5) is 4.79 Å². The van der Waals surface area contributed by atoms with Gasteiger partial charge in [-0.05, 0) is 57.3 Å². The van der Waals surface area contributed by atoms with Gasteiger partial charge in [0, 0.05) is 25.8 Å². The number of rotatable bonds is 8. The number of aliphatic carboxylic acids is 1. The Morgan fingerprint density at radius 3 is 2.42 bits per heavy atom. The van der Waals surface area contributed by atoms with Crippen LogP contribution in [0.1, 0.15) is 64.7 Å². The van der Waals surface area contributed by atoms with Gasteiger partial charge in [0.2, 0.25) is 0 Å². The first-order valence-corrected chi connectivity index (χ1v) is 9.39. The molecule has 2 aliphatic rings. The molecule has 0 aromatic heterocycles. The lowest BCUT2D eigenvalue weighted by molar-refractivity contribution is -0.142. The minimum Gasteiger partial charge on any atom is -0.481 e. The van der Waals surface area contributed by atoms with Crippen molar-refractivity contribution in [3.8, 4) is 0 Å². The van der Waals surface area contributed by atoms with E-state index in [2.05, 4.69) is 10.6 Å². The maximum atomic E-state index is 12.2. The van der Waals surface area contributed by atoms with Gasteiger partial charge in [0.1, 0.15) is 0 Å². The van der Waals surface area contributed by atoms with E-state index < -0.39 is 5.97 Å². The van der Waals surface area contributed by atoms with E-state index in [1.54, 1.807) is 0 Å². The summed E-state index contributed by atoms with van der Waals surface area (Å²) in [5.74, 6) is -0.957. The summed E-state index contributed by atoms with van der Waals surface area (Å²) in [4.78, 5) is 23.2. The van der Waals surface area contributed by atoms with Crippen molar-refractivity contribution in [2.45, 2.75) is 70.8 Å². The molecule has 6 heteroatoms. The van der Waals surface area contributed by atoms with Gasteiger partial charge in [-0.3, -0.25) is 4.79 Å². The zero-order chi connectivity index (χ0) is 17.4. The number of carbonyl (C=O) groups excluding carboxylic acids is 1. The van der Waals surface area contributed by atoms with Crippen molar-refractivity contribution in [2.24, 2.45) is 11.3 Å². The fraction of sp³-hybridized carbons (Fsp3) is 0.889. The van der Waals surface area contributed by atoms with E-state index >= 15 is 0 Å². The van der Waals surface area contributed by atoms with Gasteiger partial charge in [-0.2, -0.15) is 0 Å². The highest BCUT2D eigenvalue weighted by atomic mass is 16.5. The summed E-state index contributed by atoms with van der Waals surface area (Å²) in [6, 6.07) is -0.0139. The smallest absolute Gasteiger partial charge is 0.315 e. The molecule has 3 N–H and O–H groups in total. The van der Waals surface area contributed by atoms with Crippen LogP contribution >= 0.6 is 0 Å². The Morgan fingerprint density at radius 1 is 1.17 bits per heavy atom. The Morgan fingerprint density at radius 2 is 1.83 bits per heavy atom. The van der Waals surface area contributed by atoms with E-state index in [0.717, 1.165) is 45.3 Å². The van der Waals surface area contributed by atoms with Gasteiger partial charge in [-0.15, -0.1) is 0 Å². The third kappa shape index (κ3) is 5.65. The molecule has 2 aliphatic carbocycles. The van der Waals surface area contributed by atoms with Crippen molar-refractivity contribution in [1.82, 2.24) is 10.6 Å². The average molecular weight is 340 g/mol. The third-order valence-electron chi connectivity index (χ3n) is 5.68. The Kier molecular flexibility index (Phi) is 7.34. The van der Waals surface area contributed by atoms with Crippen LogP contribution in [0.3, 0.4) is 0 Å². The lowest BCUT2D eigenvalue weighted by Gasteiger charge is -2.31. The van der Waals surface area contributed by atoms with Crippen LogP contribution in [0.2, 0.25) is 0 Å². The fourth-order valence-electron chi connectivity index (χ4n) is 4.06. The SMILES string of the molecule is CCOCCC1(CNC(=O)NC2CCC(C(=O)O)CC2)CCCC1. The molecule has 2 fully saturated rings. The summed E-state index contributed by atoms with van der Waals surface area (Å²) in [7, 11) is 0. The molecular formula is C18H32N2O4. The second kappa shape index (κ2) is 9.25. The van der Waals surface area contributed by atoms with Crippen molar-refractivity contribution in [1.29, 1.82) is 0 Å². The van der Waals surface area contributed by atoms with Crippen LogP contribution in [0.5, 0.6) is 0 Å². The number of carbonyl (C=O) groups is 2. The second-order valence-corrected chi connectivity index (χ2v) is 7.37. The minimum atomic E-state index is -0.713. The largest absolute Gasteiger partial charge is 0.481 e. The van der Waals surface area contributed by atoms with E-state index in [0.29, 0.717) is 19.4 Å². The van der Waals surface area contributed by atoms with Crippen LogP contribution < -0.4 is 10.6 Å². The molecule has 0 aromatic carbocycles. The number of carboxylic acids is 1. The summed E-state index contributed by atoms with van der Waals surface area (Å²) in [5.41, 5.74) is 0.188. The standard InChI is InChI=1S/C18H32N2O4/c1-2-24-12-11-18(9-3-4-10-18)13-19-17(23)20-15-7-5-14(6-8-15)16(21)22/h14-15H,2-13H2,1H3,(H,21,22)(H2,19,20,23). The van der Waals surface area contributed by atoms with Crippen LogP contribution in [-0.4, -0.2) is 42.9 Å². The van der Waals surface area contributed by atoms with Gasteiger partial charge in [-0.25, -0.2) is 4.79 Å². The van der Waals surface area contributed by atoms with Crippen LogP contribution in [0.15, 0.2) is 0 Å². The second-order valence-electron chi connectivity index (χ2n) is 7.37. The first-order valence-electron chi connectivity index (χ1n) is 9.39. The molecule has 0 bridgehead atoms. The zero-order valence-electron chi connectivity index (χ0n) is 14.8. The maximum Gasteiger partial charge on any atom is 0.315 e. The van der Waals surface area contributed by atoms with Crippen LogP contribution in [0, 0.1) is 11.3 Å². The van der Waals surface area contributed by atoms with E-state index in [4.69, 9.17) is 9.84 Å². The number of amides is 2. The summed E-state index contributed by atoms with van der Waals surface area (Å²) >= 11 is 0. The molecule has 2 rings (SSSR count). The number of nitrogens with one attached hydrogen (secondary N) is 2. The minimum absolute atomic E-state index is 0.101. The van der Waals surface area contributed by atoms with E-state index in [1.165, 1.54) is 12.8 Å². The van der Waals surface area contributed by atoms with Gasteiger partial charge in [0.25, 0.3) is 0 Å². The molecule has 0 spiro atoms. The molecular weight excluding hydrogens is 308 g/mol. The van der Waals surface area contributed by atoms with Gasteiger partial charge in [0.15, 0.2) is 0 Å². The molecule has 0 radical (unpaired) electrons. The molecule has 0 aliphatic heterocycles. The van der Waals surface area contributed by atoms with E-state index in [9.17, 15) is 9.59 Å². The molecule has 0 aromatic rings. The summed E-state index contributed by atoms with van der Waals surface area (Å²) in [6.45, 7) is 4.21. The third-order valence-corrected chi connectivity index (χ3v) is 5.68. The highest BCUT2D eigenvalue weighted by Gasteiger charge is 2.34. The monoisotopic (exact) mass is 340 g/mol. The highest BCUT2D eigenvalue weighted by Crippen LogP contribution is 2.40. The van der Waals surface area contributed by atoms with Crippen molar-refractivity contribution in [3.63, 3.8) is 0 Å². The van der Waals surface area contributed by atoms with E-state index in [1.807, 2.05) is 6.92 Å². The maximum absolute atomic E-state index is 12.2. The number of urea groups is 1. The molecule has 2 amide bonds. The lowest BCUT2D eigenvalue weighted by Crippen LogP contribution is -2.47. The predicted octanol–water partition coefficient (Wildman–Crippen LogP) is 2.92. The first kappa shape index (κ1) is 19.0. The highest BCUT2D eigenvalue weighted by molar-refractivity contribution is 5.74. The molecule has 24 heavy (non-hydrogen) atoms. The molecule has 138 valence electrons. The Balaban J connectivity index is 1.70. The Labute approximate surface area is 144 Å². The lowest BCUT2D eigenvalue weighted by atomic mass is 9.83. The van der Waals surface area contributed by atoms with Gasteiger partial charge < -0.3 is 20.5 Å². The summed E-state index contributed by atoms with van der Waals surface area (Å²) < 4.78 is 5.50. The number of hydrogen-bond acceptors (Lipinski definition) is 3. The quantitative estimate of drug-likeness (QED) is 0.593. The Bertz CT molecular complexity index is 413. The molecule has 0 heterocycles. The van der Waals surface area contributed by atoms with Crippen molar-refractivity contribution in [2.75, 3.05) is 19.8 Å². The van der Waals surface area contributed by atoms with E-state index in [-0.39, 0.29) is 23.4 Å². The van der Waals surface area contributed by atoms with Gasteiger partial charge in [-0.1, -0.05) is 12.8 Å². The molecule has 0 saturated heterocycles. The van der Waals surface area contributed by atoms with Gasteiger partial charge >= 0.3 is 12.0 Å². The fourth-order valence-corrected chi connectivity index (χ4v) is 4.06. The van der Waals surface area contributed by atoms with Crippen molar-refractivity contribution < 1.29 is 19.4 Å². The molecule has 0 atom stereocenters. The molecule has 0 unspecified atom stereocenters. The van der Waals surface area contributed by atoms with Crippen molar-refractivity contribution >= 4 is 12.0 Å². The first-order chi connectivity index (χ1) is 11.5. The topological polar surface area (TPSA) is 87.7 Å². The number of hydrogen-bond donors (Lipinski definition) is 3. The van der Waals surface area contributed by atoms with Crippen LogP contribution in [0.25, 0.3) is 0 Å². The Hall–Kier alpha value is -1.30. The summed E-state index contributed by atoms with van der Waals surface area (Å²) in [5, 5.41) is 15.1. The van der Waals surface area contributed by atoms with Crippen LogP contribution in [-0.2, 0) is 9.53 Å². The average Bonchev–Trinajstić information content (AvgIpc) is 3.03. The van der Waals surface area contributed by atoms with Gasteiger partial charge in [0.05, 0.1) is 5.92 Å². The molecule has 6 nitrogen and oxygen atoms in total. The molecule has 2 saturated carbocycles. The van der Waals surface area contributed by atoms with Crippen molar-refractivity contribution in [3.05, 3.63) is 0 Å². The number of ether oxygens (including phenoxy) is 1. The normalized spacial score (nSPS) is 26.0. The summed E-state index contributed by atoms with van der Waals surface area (Å²) in [6.07, 6.45) is 8.58. The predicted molar refractivity (Wildman–Crippen MR) is 91.9 cm³/mol. The zero-order valence-corrected chi connectivity index (χ0v) is 14.8.